The van der Waals surface area contributed by atoms with Crippen molar-refractivity contribution in [3.05, 3.63) is 66.0 Å². The maximum atomic E-state index is 12.7. The SMILES string of the molecule is Cc1cccc(C(C)C)c1NC(=O)C(C)Sc1ncn(-c2ccccc2)n1. The zero-order chi connectivity index (χ0) is 19.4. The highest BCUT2D eigenvalue weighted by Crippen LogP contribution is 2.29. The summed E-state index contributed by atoms with van der Waals surface area (Å²) in [5, 5.41) is 7.83. The summed E-state index contributed by atoms with van der Waals surface area (Å²) in [6, 6.07) is 15.9. The summed E-state index contributed by atoms with van der Waals surface area (Å²) in [6.45, 7) is 8.14. The molecule has 27 heavy (non-hydrogen) atoms. The van der Waals surface area contributed by atoms with E-state index in [2.05, 4.69) is 35.3 Å². The van der Waals surface area contributed by atoms with Gasteiger partial charge in [-0.05, 0) is 43.0 Å². The van der Waals surface area contributed by atoms with Crippen molar-refractivity contribution in [3.63, 3.8) is 0 Å². The third-order valence-electron chi connectivity index (χ3n) is 4.32. The van der Waals surface area contributed by atoms with Crippen LogP contribution in [0.4, 0.5) is 5.69 Å². The van der Waals surface area contributed by atoms with Crippen LogP contribution in [0, 0.1) is 6.92 Å². The minimum absolute atomic E-state index is 0.0488. The molecule has 0 saturated carbocycles. The summed E-state index contributed by atoms with van der Waals surface area (Å²) < 4.78 is 1.71. The van der Waals surface area contributed by atoms with Crippen molar-refractivity contribution in [2.45, 2.75) is 44.0 Å². The van der Waals surface area contributed by atoms with E-state index < -0.39 is 0 Å². The van der Waals surface area contributed by atoms with Crippen molar-refractivity contribution in [1.29, 1.82) is 0 Å². The normalized spacial score (nSPS) is 12.2. The number of carbonyl (C=O) groups excluding carboxylic acids is 1. The predicted molar refractivity (Wildman–Crippen MR) is 111 cm³/mol. The Morgan fingerprint density at radius 2 is 1.81 bits per heavy atom. The maximum absolute atomic E-state index is 12.7. The van der Waals surface area contributed by atoms with Gasteiger partial charge in [-0.15, -0.1) is 5.10 Å². The largest absolute Gasteiger partial charge is 0.325 e. The molecule has 1 aromatic heterocycles. The molecular weight excluding hydrogens is 356 g/mol. The molecule has 1 N–H and O–H groups in total. The molecule has 1 atom stereocenters. The van der Waals surface area contributed by atoms with Gasteiger partial charge in [-0.2, -0.15) is 0 Å². The molecule has 0 saturated heterocycles. The number of rotatable bonds is 6. The molecule has 5 nitrogen and oxygen atoms in total. The molecule has 6 heteroatoms. The van der Waals surface area contributed by atoms with Crippen LogP contribution < -0.4 is 5.32 Å². The lowest BCUT2D eigenvalue weighted by molar-refractivity contribution is -0.115. The summed E-state index contributed by atoms with van der Waals surface area (Å²) in [6.07, 6.45) is 1.67. The molecule has 1 heterocycles. The van der Waals surface area contributed by atoms with Crippen LogP contribution in [0.1, 0.15) is 37.8 Å². The van der Waals surface area contributed by atoms with Crippen LogP contribution in [0.15, 0.2) is 60.0 Å². The number of para-hydroxylation sites is 2. The van der Waals surface area contributed by atoms with Gasteiger partial charge < -0.3 is 5.32 Å². The Morgan fingerprint density at radius 1 is 1.07 bits per heavy atom. The highest BCUT2D eigenvalue weighted by Gasteiger charge is 2.19. The smallest absolute Gasteiger partial charge is 0.237 e. The minimum Gasteiger partial charge on any atom is -0.325 e. The molecule has 3 rings (SSSR count). The number of hydrogen-bond donors (Lipinski definition) is 1. The lowest BCUT2D eigenvalue weighted by Crippen LogP contribution is -2.24. The molecule has 0 aliphatic rings. The molecule has 1 amide bonds. The quantitative estimate of drug-likeness (QED) is 0.623. The van der Waals surface area contributed by atoms with Crippen LogP contribution in [-0.2, 0) is 4.79 Å². The van der Waals surface area contributed by atoms with E-state index in [1.54, 1.807) is 11.0 Å². The summed E-state index contributed by atoms with van der Waals surface area (Å²) in [7, 11) is 0. The average Bonchev–Trinajstić information content (AvgIpc) is 3.12. The van der Waals surface area contributed by atoms with E-state index in [1.165, 1.54) is 11.8 Å². The molecule has 0 spiro atoms. The monoisotopic (exact) mass is 380 g/mol. The van der Waals surface area contributed by atoms with Gasteiger partial charge in [0.25, 0.3) is 0 Å². The number of carbonyl (C=O) groups is 1. The van der Waals surface area contributed by atoms with Gasteiger partial charge in [-0.3, -0.25) is 4.79 Å². The number of thioether (sulfide) groups is 1. The zero-order valence-corrected chi connectivity index (χ0v) is 16.8. The Kier molecular flexibility index (Phi) is 5.96. The van der Waals surface area contributed by atoms with E-state index in [4.69, 9.17) is 0 Å². The summed E-state index contributed by atoms with van der Waals surface area (Å²) >= 11 is 1.35. The second kappa shape index (κ2) is 8.39. The second-order valence-corrected chi connectivity index (χ2v) is 8.06. The van der Waals surface area contributed by atoms with Crippen molar-refractivity contribution in [2.24, 2.45) is 0 Å². The van der Waals surface area contributed by atoms with Crippen molar-refractivity contribution < 1.29 is 4.79 Å². The second-order valence-electron chi connectivity index (χ2n) is 6.75. The highest BCUT2D eigenvalue weighted by molar-refractivity contribution is 8.00. The lowest BCUT2D eigenvalue weighted by Gasteiger charge is -2.18. The number of amides is 1. The summed E-state index contributed by atoms with van der Waals surface area (Å²) in [5.41, 5.74) is 4.06. The number of nitrogens with zero attached hydrogens (tertiary/aromatic N) is 3. The molecule has 2 aromatic carbocycles. The van der Waals surface area contributed by atoms with Crippen molar-refractivity contribution >= 4 is 23.4 Å². The molecular formula is C21H24N4OS. The molecule has 3 aromatic rings. The first-order valence-corrected chi connectivity index (χ1v) is 9.87. The number of hydrogen-bond acceptors (Lipinski definition) is 4. The minimum atomic E-state index is -0.309. The Balaban J connectivity index is 1.70. The number of aryl methyl sites for hydroxylation is 1. The fraction of sp³-hybridized carbons (Fsp3) is 0.286. The standard InChI is InChI=1S/C21H24N4OS/c1-14(2)18-12-8-9-15(3)19(18)23-20(26)16(4)27-21-22-13-25(24-21)17-10-6-5-7-11-17/h5-14,16H,1-4H3,(H,23,26). The van der Waals surface area contributed by atoms with Crippen LogP contribution in [0.3, 0.4) is 0 Å². The average molecular weight is 381 g/mol. The highest BCUT2D eigenvalue weighted by atomic mass is 32.2. The van der Waals surface area contributed by atoms with E-state index in [0.29, 0.717) is 11.1 Å². The van der Waals surface area contributed by atoms with Gasteiger partial charge in [0.05, 0.1) is 10.9 Å². The third kappa shape index (κ3) is 4.57. The number of anilines is 1. The zero-order valence-electron chi connectivity index (χ0n) is 16.0. The van der Waals surface area contributed by atoms with Crippen molar-refractivity contribution in [1.82, 2.24) is 14.8 Å². The topological polar surface area (TPSA) is 59.8 Å². The molecule has 1 unspecified atom stereocenters. The number of nitrogens with one attached hydrogen (secondary N) is 1. The van der Waals surface area contributed by atoms with Crippen LogP contribution >= 0.6 is 11.8 Å². The lowest BCUT2D eigenvalue weighted by atomic mass is 9.98. The van der Waals surface area contributed by atoms with E-state index in [-0.39, 0.29) is 11.2 Å². The fourth-order valence-electron chi connectivity index (χ4n) is 2.79. The van der Waals surface area contributed by atoms with E-state index >= 15 is 0 Å². The van der Waals surface area contributed by atoms with Gasteiger partial charge in [0, 0.05) is 5.69 Å². The Morgan fingerprint density at radius 3 is 2.52 bits per heavy atom. The fourth-order valence-corrected chi connectivity index (χ4v) is 3.51. The van der Waals surface area contributed by atoms with Gasteiger partial charge in [0.15, 0.2) is 0 Å². The van der Waals surface area contributed by atoms with E-state index in [1.807, 2.05) is 56.3 Å². The molecule has 0 bridgehead atoms. The Bertz CT molecular complexity index is 921. The first kappa shape index (κ1) is 19.2. The van der Waals surface area contributed by atoms with E-state index in [0.717, 1.165) is 22.5 Å². The number of benzene rings is 2. The van der Waals surface area contributed by atoms with Crippen LogP contribution in [0.25, 0.3) is 5.69 Å². The maximum Gasteiger partial charge on any atom is 0.237 e. The van der Waals surface area contributed by atoms with Crippen molar-refractivity contribution in [2.75, 3.05) is 5.32 Å². The Labute approximate surface area is 164 Å². The van der Waals surface area contributed by atoms with Gasteiger partial charge in [0.2, 0.25) is 11.1 Å². The third-order valence-corrected chi connectivity index (χ3v) is 5.28. The van der Waals surface area contributed by atoms with E-state index in [9.17, 15) is 4.79 Å². The molecule has 0 aliphatic heterocycles. The van der Waals surface area contributed by atoms with Gasteiger partial charge >= 0.3 is 0 Å². The Hall–Kier alpha value is -2.60. The van der Waals surface area contributed by atoms with Crippen LogP contribution in [0.5, 0.6) is 0 Å². The molecule has 140 valence electrons. The molecule has 0 aliphatic carbocycles. The van der Waals surface area contributed by atoms with Gasteiger partial charge in [-0.25, -0.2) is 9.67 Å². The molecule has 0 fully saturated rings. The first-order chi connectivity index (χ1) is 13.0. The molecule has 0 radical (unpaired) electrons. The first-order valence-electron chi connectivity index (χ1n) is 9.00. The summed E-state index contributed by atoms with van der Waals surface area (Å²) in [4.78, 5) is 17.0. The summed E-state index contributed by atoms with van der Waals surface area (Å²) in [5.74, 6) is 0.290. The van der Waals surface area contributed by atoms with Crippen LogP contribution in [-0.4, -0.2) is 25.9 Å². The predicted octanol–water partition coefficient (Wildman–Crippen LogP) is 4.82. The van der Waals surface area contributed by atoms with Gasteiger partial charge in [-0.1, -0.05) is 62.0 Å². The van der Waals surface area contributed by atoms with Gasteiger partial charge in [0.1, 0.15) is 6.33 Å². The van der Waals surface area contributed by atoms with Crippen LogP contribution in [0.2, 0.25) is 0 Å². The number of aromatic nitrogens is 3. The van der Waals surface area contributed by atoms with Crippen molar-refractivity contribution in [3.8, 4) is 5.69 Å².